The lowest BCUT2D eigenvalue weighted by Gasteiger charge is -2.17. The quantitative estimate of drug-likeness (QED) is 0.828. The molecule has 2 unspecified atom stereocenters. The van der Waals surface area contributed by atoms with Gasteiger partial charge in [-0.2, -0.15) is 5.10 Å². The van der Waals surface area contributed by atoms with Crippen LogP contribution in [-0.2, 0) is 0 Å². The molecule has 15 heavy (non-hydrogen) atoms. The predicted octanol–water partition coefficient (Wildman–Crippen LogP) is 1.60. The maximum atomic E-state index is 9.63. The average Bonchev–Trinajstić information content (AvgIpc) is 2.65. The zero-order valence-electron chi connectivity index (χ0n) is 8.96. The summed E-state index contributed by atoms with van der Waals surface area (Å²) in [5, 5.41) is 13.7. The largest absolute Gasteiger partial charge is 0.393 e. The number of aromatic nitrogens is 3. The fourth-order valence-corrected chi connectivity index (χ4v) is 1.83. The molecule has 0 radical (unpaired) electrons. The van der Waals surface area contributed by atoms with E-state index >= 15 is 0 Å². The molecule has 0 saturated carbocycles. The minimum absolute atomic E-state index is 0.102. The molecule has 0 bridgehead atoms. The Morgan fingerprint density at radius 1 is 1.47 bits per heavy atom. The Balaban J connectivity index is 2.41. The molecule has 0 saturated heterocycles. The van der Waals surface area contributed by atoms with Crippen LogP contribution in [0.3, 0.4) is 0 Å². The van der Waals surface area contributed by atoms with Gasteiger partial charge in [0.2, 0.25) is 0 Å². The molecule has 2 atom stereocenters. The monoisotopic (exact) mass is 205 g/mol. The Kier molecular flexibility index (Phi) is 2.68. The van der Waals surface area contributed by atoms with Crippen molar-refractivity contribution in [2.24, 2.45) is 0 Å². The number of hydrogen-bond donors (Lipinski definition) is 1. The first-order chi connectivity index (χ1) is 7.22. The van der Waals surface area contributed by atoms with Gasteiger partial charge in [-0.05, 0) is 19.4 Å². The first-order valence-corrected chi connectivity index (χ1v) is 5.20. The fourth-order valence-electron chi connectivity index (χ4n) is 1.83. The summed E-state index contributed by atoms with van der Waals surface area (Å²) in [7, 11) is 0. The van der Waals surface area contributed by atoms with E-state index in [-0.39, 0.29) is 12.0 Å². The Morgan fingerprint density at radius 2 is 2.27 bits per heavy atom. The van der Waals surface area contributed by atoms with Crippen LogP contribution >= 0.6 is 0 Å². The maximum absolute atomic E-state index is 9.63. The molecule has 2 aromatic rings. The van der Waals surface area contributed by atoms with Crippen LogP contribution in [0.25, 0.3) is 5.65 Å². The van der Waals surface area contributed by atoms with Gasteiger partial charge in [0.05, 0.1) is 18.0 Å². The van der Waals surface area contributed by atoms with Gasteiger partial charge >= 0.3 is 0 Å². The molecule has 2 aromatic heterocycles. The second kappa shape index (κ2) is 3.98. The summed E-state index contributed by atoms with van der Waals surface area (Å²) < 4.78 is 1.72. The van der Waals surface area contributed by atoms with Crippen molar-refractivity contribution in [3.63, 3.8) is 0 Å². The first kappa shape index (κ1) is 10.1. The van der Waals surface area contributed by atoms with E-state index in [4.69, 9.17) is 0 Å². The van der Waals surface area contributed by atoms with Crippen molar-refractivity contribution < 1.29 is 5.11 Å². The molecule has 2 heterocycles. The molecule has 0 aliphatic heterocycles. The van der Waals surface area contributed by atoms with Gasteiger partial charge in [0, 0.05) is 18.2 Å². The van der Waals surface area contributed by atoms with E-state index in [1.807, 2.05) is 18.3 Å². The highest BCUT2D eigenvalue weighted by molar-refractivity contribution is 5.37. The van der Waals surface area contributed by atoms with Gasteiger partial charge in [-0.15, -0.1) is 0 Å². The van der Waals surface area contributed by atoms with Crippen LogP contribution < -0.4 is 0 Å². The summed E-state index contributed by atoms with van der Waals surface area (Å²) in [6.07, 6.45) is 4.11. The second-order valence-electron chi connectivity index (χ2n) is 3.74. The van der Waals surface area contributed by atoms with Gasteiger partial charge in [-0.25, -0.2) is 9.50 Å². The predicted molar refractivity (Wildman–Crippen MR) is 57.7 cm³/mol. The molecule has 0 aliphatic rings. The fraction of sp³-hybridized carbons (Fsp3) is 0.455. The van der Waals surface area contributed by atoms with E-state index < -0.39 is 0 Å². The first-order valence-electron chi connectivity index (χ1n) is 5.20. The van der Waals surface area contributed by atoms with E-state index in [1.54, 1.807) is 17.6 Å². The Bertz CT molecular complexity index is 450. The van der Waals surface area contributed by atoms with E-state index in [9.17, 15) is 5.11 Å². The van der Waals surface area contributed by atoms with Crippen LogP contribution in [0.1, 0.15) is 31.9 Å². The Hall–Kier alpha value is -1.42. The molecule has 4 heteroatoms. The van der Waals surface area contributed by atoms with Crippen molar-refractivity contribution in [3.05, 3.63) is 30.2 Å². The van der Waals surface area contributed by atoms with Gasteiger partial charge < -0.3 is 5.11 Å². The highest BCUT2D eigenvalue weighted by atomic mass is 16.3. The Labute approximate surface area is 88.6 Å². The molecule has 0 fully saturated rings. The molecule has 0 aliphatic carbocycles. The lowest BCUT2D eigenvalue weighted by Crippen LogP contribution is -2.15. The molecule has 1 N–H and O–H groups in total. The van der Waals surface area contributed by atoms with Crippen molar-refractivity contribution in [3.8, 4) is 0 Å². The van der Waals surface area contributed by atoms with E-state index in [1.165, 1.54) is 0 Å². The molecular formula is C11H15N3O. The number of hydrogen-bond acceptors (Lipinski definition) is 3. The van der Waals surface area contributed by atoms with Crippen LogP contribution in [0, 0.1) is 0 Å². The van der Waals surface area contributed by atoms with Crippen molar-refractivity contribution >= 4 is 5.65 Å². The van der Waals surface area contributed by atoms with Crippen LogP contribution in [0.15, 0.2) is 24.5 Å². The second-order valence-corrected chi connectivity index (χ2v) is 3.74. The molecule has 0 spiro atoms. The van der Waals surface area contributed by atoms with E-state index in [0.717, 1.165) is 17.8 Å². The van der Waals surface area contributed by atoms with E-state index in [2.05, 4.69) is 17.0 Å². The number of nitrogens with zero attached hydrogens (tertiary/aromatic N) is 3. The lowest BCUT2D eigenvalue weighted by molar-refractivity contribution is 0.158. The van der Waals surface area contributed by atoms with Gasteiger partial charge in [0.15, 0.2) is 5.65 Å². The normalized spacial score (nSPS) is 15.4. The topological polar surface area (TPSA) is 50.4 Å². The summed E-state index contributed by atoms with van der Waals surface area (Å²) in [6.45, 7) is 3.86. The average molecular weight is 205 g/mol. The molecule has 0 aromatic carbocycles. The van der Waals surface area contributed by atoms with Gasteiger partial charge in [-0.1, -0.05) is 6.92 Å². The minimum Gasteiger partial charge on any atom is -0.393 e. The zero-order chi connectivity index (χ0) is 10.8. The van der Waals surface area contributed by atoms with E-state index in [0.29, 0.717) is 0 Å². The number of aliphatic hydroxyl groups is 1. The van der Waals surface area contributed by atoms with Crippen molar-refractivity contribution in [1.82, 2.24) is 14.6 Å². The Morgan fingerprint density at radius 3 is 2.93 bits per heavy atom. The van der Waals surface area contributed by atoms with Gasteiger partial charge in [0.25, 0.3) is 0 Å². The summed E-state index contributed by atoms with van der Waals surface area (Å²) in [5.74, 6) is 0.102. The molecule has 4 nitrogen and oxygen atoms in total. The number of fused-ring (bicyclic) bond motifs is 1. The van der Waals surface area contributed by atoms with Crippen molar-refractivity contribution in [2.75, 3.05) is 0 Å². The third kappa shape index (κ3) is 1.85. The summed E-state index contributed by atoms with van der Waals surface area (Å²) in [4.78, 5) is 4.47. The maximum Gasteiger partial charge on any atom is 0.155 e. The third-order valence-electron chi connectivity index (χ3n) is 2.68. The summed E-state index contributed by atoms with van der Waals surface area (Å²) in [5.41, 5.74) is 1.76. The molecule has 80 valence electrons. The highest BCUT2D eigenvalue weighted by Crippen LogP contribution is 2.21. The summed E-state index contributed by atoms with van der Waals surface area (Å²) >= 11 is 0. The minimum atomic E-state index is -0.368. The van der Waals surface area contributed by atoms with Crippen LogP contribution in [-0.4, -0.2) is 25.8 Å². The standard InChI is InChI=1S/C11H15N3O/c1-3-9(8(2)15)10-5-7-14-11(13-10)4-6-12-14/h4-9,15H,3H2,1-2H3. The number of rotatable bonds is 3. The highest BCUT2D eigenvalue weighted by Gasteiger charge is 2.16. The van der Waals surface area contributed by atoms with Crippen molar-refractivity contribution in [2.45, 2.75) is 32.3 Å². The van der Waals surface area contributed by atoms with Crippen LogP contribution in [0.5, 0.6) is 0 Å². The van der Waals surface area contributed by atoms with Crippen molar-refractivity contribution in [1.29, 1.82) is 0 Å². The third-order valence-corrected chi connectivity index (χ3v) is 2.68. The van der Waals surface area contributed by atoms with Crippen LogP contribution in [0.2, 0.25) is 0 Å². The summed E-state index contributed by atoms with van der Waals surface area (Å²) in [6, 6.07) is 3.78. The molecule has 0 amide bonds. The van der Waals surface area contributed by atoms with Gasteiger partial charge in [-0.3, -0.25) is 0 Å². The number of aliphatic hydroxyl groups excluding tert-OH is 1. The lowest BCUT2D eigenvalue weighted by atomic mass is 9.97. The van der Waals surface area contributed by atoms with Crippen LogP contribution in [0.4, 0.5) is 0 Å². The zero-order valence-corrected chi connectivity index (χ0v) is 8.96. The molecule has 2 rings (SSSR count). The molecular weight excluding hydrogens is 190 g/mol. The van der Waals surface area contributed by atoms with Gasteiger partial charge in [0.1, 0.15) is 0 Å². The smallest absolute Gasteiger partial charge is 0.155 e. The SMILES string of the molecule is CCC(c1ccn2nccc2n1)C(C)O.